The first-order valence-corrected chi connectivity index (χ1v) is 7.07. The maximum atomic E-state index is 12.4. The van der Waals surface area contributed by atoms with Crippen LogP contribution in [0.15, 0.2) is 18.2 Å². The van der Waals surface area contributed by atoms with Crippen molar-refractivity contribution in [2.75, 3.05) is 6.61 Å². The maximum absolute atomic E-state index is 12.4. The third-order valence-corrected chi connectivity index (χ3v) is 3.75. The molecule has 0 radical (unpaired) electrons. The van der Waals surface area contributed by atoms with Gasteiger partial charge in [0.1, 0.15) is 0 Å². The minimum Gasteiger partial charge on any atom is -0.395 e. The molecular weight excluding hydrogens is 250 g/mol. The highest BCUT2D eigenvalue weighted by molar-refractivity contribution is 5.97. The van der Waals surface area contributed by atoms with Crippen molar-refractivity contribution in [2.24, 2.45) is 0 Å². The summed E-state index contributed by atoms with van der Waals surface area (Å²) in [4.78, 5) is 12.4. The van der Waals surface area contributed by atoms with Crippen molar-refractivity contribution in [1.29, 1.82) is 0 Å². The molecule has 0 atom stereocenters. The molecule has 1 fully saturated rings. The second-order valence-corrected chi connectivity index (χ2v) is 5.69. The van der Waals surface area contributed by atoms with E-state index in [1.807, 2.05) is 25.1 Å². The Morgan fingerprint density at radius 1 is 1.45 bits per heavy atom. The summed E-state index contributed by atoms with van der Waals surface area (Å²) in [6, 6.07) is 5.70. The lowest BCUT2D eigenvalue weighted by Crippen LogP contribution is -2.51. The molecular formula is C17H21NO2. The summed E-state index contributed by atoms with van der Waals surface area (Å²) in [6.07, 6.45) is 3.67. The molecule has 2 rings (SSSR count). The van der Waals surface area contributed by atoms with Crippen LogP contribution < -0.4 is 5.32 Å². The highest BCUT2D eigenvalue weighted by atomic mass is 16.2. The number of rotatable bonds is 3. The largest absolute Gasteiger partial charge is 0.395 e. The van der Waals surface area contributed by atoms with Gasteiger partial charge in [0.15, 0.2) is 0 Å². The molecule has 3 nitrogen and oxygen atoms in total. The number of carbonyl (C=O) groups excluding carboxylic acids is 1. The molecule has 1 aromatic carbocycles. The van der Waals surface area contributed by atoms with Crippen molar-refractivity contribution < 1.29 is 9.90 Å². The zero-order valence-electron chi connectivity index (χ0n) is 12.1. The Hall–Kier alpha value is -1.79. The van der Waals surface area contributed by atoms with Crippen LogP contribution in [0.3, 0.4) is 0 Å². The predicted molar refractivity (Wildman–Crippen MR) is 79.5 cm³/mol. The van der Waals surface area contributed by atoms with E-state index in [2.05, 4.69) is 24.1 Å². The lowest BCUT2D eigenvalue weighted by atomic mass is 9.78. The van der Waals surface area contributed by atoms with Crippen molar-refractivity contribution in [2.45, 2.75) is 45.1 Å². The fraction of sp³-hybridized carbons (Fsp3) is 0.471. The van der Waals surface area contributed by atoms with E-state index in [0.29, 0.717) is 12.0 Å². The topological polar surface area (TPSA) is 49.3 Å². The van der Waals surface area contributed by atoms with Gasteiger partial charge in [-0.25, -0.2) is 0 Å². The fourth-order valence-electron chi connectivity index (χ4n) is 2.34. The fourth-order valence-corrected chi connectivity index (χ4v) is 2.34. The monoisotopic (exact) mass is 271 g/mol. The number of hydrogen-bond acceptors (Lipinski definition) is 2. The molecule has 3 heteroatoms. The second kappa shape index (κ2) is 6.11. The summed E-state index contributed by atoms with van der Waals surface area (Å²) in [6.45, 7) is 4.09. The Morgan fingerprint density at radius 2 is 2.20 bits per heavy atom. The van der Waals surface area contributed by atoms with E-state index >= 15 is 0 Å². The van der Waals surface area contributed by atoms with Crippen LogP contribution in [0.1, 0.15) is 54.1 Å². The normalized spacial score (nSPS) is 15.8. The van der Waals surface area contributed by atoms with Gasteiger partial charge in [-0.1, -0.05) is 23.5 Å². The highest BCUT2D eigenvalue weighted by Gasteiger charge is 2.33. The Balaban J connectivity index is 2.22. The predicted octanol–water partition coefficient (Wildman–Crippen LogP) is 2.40. The molecule has 0 unspecified atom stereocenters. The lowest BCUT2D eigenvalue weighted by Gasteiger charge is -2.39. The molecule has 0 bridgehead atoms. The maximum Gasteiger partial charge on any atom is 0.252 e. The minimum atomic E-state index is -0.0589. The zero-order valence-corrected chi connectivity index (χ0v) is 12.1. The van der Waals surface area contributed by atoms with Gasteiger partial charge >= 0.3 is 0 Å². The number of aryl methyl sites for hydroxylation is 1. The summed E-state index contributed by atoms with van der Waals surface area (Å²) in [7, 11) is 0. The molecule has 0 spiro atoms. The Kier molecular flexibility index (Phi) is 4.46. The van der Waals surface area contributed by atoms with E-state index < -0.39 is 0 Å². The minimum absolute atomic E-state index is 0.0401. The summed E-state index contributed by atoms with van der Waals surface area (Å²) >= 11 is 0. The first-order chi connectivity index (χ1) is 9.54. The molecule has 20 heavy (non-hydrogen) atoms. The number of benzene rings is 1. The van der Waals surface area contributed by atoms with Crippen molar-refractivity contribution in [3.05, 3.63) is 34.9 Å². The van der Waals surface area contributed by atoms with E-state index in [1.54, 1.807) is 0 Å². The molecule has 1 aliphatic carbocycles. The Morgan fingerprint density at radius 3 is 2.80 bits per heavy atom. The van der Waals surface area contributed by atoms with Gasteiger partial charge in [0.05, 0.1) is 12.2 Å². The standard InChI is InChI=1S/C17H21NO2/c1-13-7-8-14(6-3-4-11-19)15(12-13)16(20)18-17(2)9-5-10-17/h7-8,12,19H,4-5,9-11H2,1-2H3,(H,18,20). The number of amides is 1. The number of nitrogens with one attached hydrogen (secondary N) is 1. The number of aliphatic hydroxyl groups excluding tert-OH is 1. The number of aliphatic hydroxyl groups is 1. The van der Waals surface area contributed by atoms with E-state index in [9.17, 15) is 4.79 Å². The van der Waals surface area contributed by atoms with E-state index in [-0.39, 0.29) is 18.1 Å². The van der Waals surface area contributed by atoms with E-state index in [4.69, 9.17) is 5.11 Å². The summed E-state index contributed by atoms with van der Waals surface area (Å²) in [5.74, 6) is 5.80. The average molecular weight is 271 g/mol. The quantitative estimate of drug-likeness (QED) is 0.829. The van der Waals surface area contributed by atoms with Crippen LogP contribution in [-0.2, 0) is 0 Å². The first kappa shape index (κ1) is 14.6. The smallest absolute Gasteiger partial charge is 0.252 e. The molecule has 1 aliphatic rings. The molecule has 2 N–H and O–H groups in total. The third kappa shape index (κ3) is 3.40. The van der Waals surface area contributed by atoms with Crippen LogP contribution in [0.4, 0.5) is 0 Å². The Labute approximate surface area is 120 Å². The van der Waals surface area contributed by atoms with E-state index in [1.165, 1.54) is 6.42 Å². The molecule has 1 aromatic rings. The molecule has 0 saturated heterocycles. The molecule has 1 saturated carbocycles. The van der Waals surface area contributed by atoms with Gasteiger partial charge in [-0.15, -0.1) is 0 Å². The molecule has 1 amide bonds. The van der Waals surface area contributed by atoms with Gasteiger partial charge in [0.25, 0.3) is 5.91 Å². The summed E-state index contributed by atoms with van der Waals surface area (Å²) in [5, 5.41) is 11.9. The average Bonchev–Trinajstić information content (AvgIpc) is 2.38. The van der Waals surface area contributed by atoms with Crippen molar-refractivity contribution in [3.63, 3.8) is 0 Å². The van der Waals surface area contributed by atoms with Crippen molar-refractivity contribution >= 4 is 5.91 Å². The molecule has 0 heterocycles. The number of hydrogen-bond donors (Lipinski definition) is 2. The van der Waals surface area contributed by atoms with Gasteiger partial charge < -0.3 is 10.4 Å². The molecule has 106 valence electrons. The van der Waals surface area contributed by atoms with Crippen LogP contribution in [0.5, 0.6) is 0 Å². The lowest BCUT2D eigenvalue weighted by molar-refractivity contribution is 0.0850. The van der Waals surface area contributed by atoms with Gasteiger partial charge in [-0.05, 0) is 45.2 Å². The van der Waals surface area contributed by atoms with Crippen LogP contribution in [-0.4, -0.2) is 23.2 Å². The second-order valence-electron chi connectivity index (χ2n) is 5.69. The molecule has 0 aliphatic heterocycles. The van der Waals surface area contributed by atoms with Crippen LogP contribution in [0.25, 0.3) is 0 Å². The van der Waals surface area contributed by atoms with E-state index in [0.717, 1.165) is 24.0 Å². The van der Waals surface area contributed by atoms with Crippen molar-refractivity contribution in [3.8, 4) is 11.8 Å². The van der Waals surface area contributed by atoms with Gasteiger partial charge in [-0.3, -0.25) is 4.79 Å². The SMILES string of the molecule is Cc1ccc(C#CCCO)c(C(=O)NC2(C)CCC2)c1. The zero-order chi connectivity index (χ0) is 14.6. The van der Waals surface area contributed by atoms with Gasteiger partial charge in [-0.2, -0.15) is 0 Å². The van der Waals surface area contributed by atoms with Gasteiger partial charge in [0, 0.05) is 17.5 Å². The Bertz CT molecular complexity index is 562. The van der Waals surface area contributed by atoms with Crippen molar-refractivity contribution in [1.82, 2.24) is 5.32 Å². The third-order valence-electron chi connectivity index (χ3n) is 3.75. The van der Waals surface area contributed by atoms with Gasteiger partial charge in [0.2, 0.25) is 0 Å². The number of carbonyl (C=O) groups is 1. The van der Waals surface area contributed by atoms with Crippen LogP contribution >= 0.6 is 0 Å². The van der Waals surface area contributed by atoms with Crippen LogP contribution in [0, 0.1) is 18.8 Å². The van der Waals surface area contributed by atoms with Crippen LogP contribution in [0.2, 0.25) is 0 Å². The first-order valence-electron chi connectivity index (χ1n) is 7.07. The molecule has 0 aromatic heterocycles. The summed E-state index contributed by atoms with van der Waals surface area (Å²) < 4.78 is 0. The summed E-state index contributed by atoms with van der Waals surface area (Å²) in [5.41, 5.74) is 2.34. The highest BCUT2D eigenvalue weighted by Crippen LogP contribution is 2.31.